The van der Waals surface area contributed by atoms with Crippen molar-refractivity contribution in [2.24, 2.45) is 0 Å². The van der Waals surface area contributed by atoms with Crippen LogP contribution in [0.25, 0.3) is 0 Å². The molecule has 0 saturated carbocycles. The number of methoxy groups -OCH3 is 1. The van der Waals surface area contributed by atoms with Gasteiger partial charge in [-0.1, -0.05) is 0 Å². The Kier molecular flexibility index (Phi) is 3.44. The molecular weight excluding hydrogens is 248 g/mol. The molecule has 0 fully saturated rings. The molecular formula is C13H16N2O4. The fraction of sp³-hybridized carbons (Fsp3) is 0.385. The van der Waals surface area contributed by atoms with Crippen molar-refractivity contribution in [1.29, 1.82) is 0 Å². The van der Waals surface area contributed by atoms with E-state index < -0.39 is 11.5 Å². The van der Waals surface area contributed by atoms with Crippen molar-refractivity contribution in [2.75, 3.05) is 19.0 Å². The lowest BCUT2D eigenvalue weighted by Crippen LogP contribution is -2.38. The van der Waals surface area contributed by atoms with Crippen LogP contribution < -0.4 is 15.4 Å². The molecule has 2 amide bonds. The summed E-state index contributed by atoms with van der Waals surface area (Å²) in [5.41, 5.74) is -0.567. The number of ether oxygens (including phenoxy) is 1. The summed E-state index contributed by atoms with van der Waals surface area (Å²) in [5.74, 6) is -0.0803. The summed E-state index contributed by atoms with van der Waals surface area (Å²) in [7, 11) is 1.53. The number of anilines is 1. The number of amides is 2. The van der Waals surface area contributed by atoms with Crippen molar-refractivity contribution >= 4 is 17.5 Å². The zero-order valence-corrected chi connectivity index (χ0v) is 10.8. The van der Waals surface area contributed by atoms with Gasteiger partial charge in [0.15, 0.2) is 5.60 Å². The van der Waals surface area contributed by atoms with Gasteiger partial charge in [0.2, 0.25) is 5.91 Å². The van der Waals surface area contributed by atoms with Gasteiger partial charge >= 0.3 is 0 Å². The van der Waals surface area contributed by atoms with E-state index in [0.29, 0.717) is 17.0 Å². The molecule has 6 heteroatoms. The standard InChI is InChI=1S/C13H16N2O4/c1-8(16)14-6-5-13(18)10-4-3-9(19-2)7-11(10)15-12(13)17/h3-4,7,18H,5-6H2,1-2H3,(H,14,16)(H,15,17). The zero-order valence-electron chi connectivity index (χ0n) is 10.8. The van der Waals surface area contributed by atoms with Gasteiger partial charge in [0.25, 0.3) is 5.91 Å². The molecule has 0 spiro atoms. The molecule has 0 bridgehead atoms. The Labute approximate surface area is 110 Å². The minimum atomic E-state index is -1.61. The number of hydrogen-bond donors (Lipinski definition) is 3. The number of benzene rings is 1. The van der Waals surface area contributed by atoms with Crippen molar-refractivity contribution < 1.29 is 19.4 Å². The van der Waals surface area contributed by atoms with Crippen LogP contribution in [0, 0.1) is 0 Å². The maximum absolute atomic E-state index is 11.9. The molecule has 6 nitrogen and oxygen atoms in total. The highest BCUT2D eigenvalue weighted by atomic mass is 16.5. The van der Waals surface area contributed by atoms with Gasteiger partial charge in [0.1, 0.15) is 5.75 Å². The van der Waals surface area contributed by atoms with Crippen LogP contribution in [0.3, 0.4) is 0 Å². The number of aliphatic hydroxyl groups is 1. The zero-order chi connectivity index (χ0) is 14.0. The number of carbonyl (C=O) groups excluding carboxylic acids is 2. The van der Waals surface area contributed by atoms with Gasteiger partial charge in [-0.05, 0) is 12.1 Å². The highest BCUT2D eigenvalue weighted by Crippen LogP contribution is 2.39. The van der Waals surface area contributed by atoms with Crippen molar-refractivity contribution in [3.05, 3.63) is 23.8 Å². The van der Waals surface area contributed by atoms with Crippen LogP contribution in [0.2, 0.25) is 0 Å². The molecule has 1 aliphatic rings. The van der Waals surface area contributed by atoms with E-state index in [1.54, 1.807) is 18.2 Å². The molecule has 2 rings (SSSR count). The number of carbonyl (C=O) groups is 2. The van der Waals surface area contributed by atoms with E-state index >= 15 is 0 Å². The molecule has 1 unspecified atom stereocenters. The van der Waals surface area contributed by atoms with Crippen LogP contribution in [0.5, 0.6) is 5.75 Å². The predicted octanol–water partition coefficient (Wildman–Crippen LogP) is 0.361. The Balaban J connectivity index is 2.23. The largest absolute Gasteiger partial charge is 0.497 e. The Morgan fingerprint density at radius 1 is 1.53 bits per heavy atom. The number of nitrogens with one attached hydrogen (secondary N) is 2. The molecule has 1 aromatic rings. The molecule has 1 heterocycles. The summed E-state index contributed by atoms with van der Waals surface area (Å²) in [6, 6.07) is 4.99. The molecule has 102 valence electrons. The van der Waals surface area contributed by atoms with Crippen molar-refractivity contribution in [3.63, 3.8) is 0 Å². The number of hydrogen-bond acceptors (Lipinski definition) is 4. The lowest BCUT2D eigenvalue weighted by molar-refractivity contribution is -0.134. The maximum atomic E-state index is 11.9. The highest BCUT2D eigenvalue weighted by Gasteiger charge is 2.44. The Hall–Kier alpha value is -2.08. The first kappa shape index (κ1) is 13.4. The smallest absolute Gasteiger partial charge is 0.261 e. The second kappa shape index (κ2) is 4.89. The Bertz CT molecular complexity index is 529. The van der Waals surface area contributed by atoms with Crippen LogP contribution in [-0.4, -0.2) is 30.6 Å². The van der Waals surface area contributed by atoms with Crippen LogP contribution in [0.15, 0.2) is 18.2 Å². The van der Waals surface area contributed by atoms with E-state index in [2.05, 4.69) is 10.6 Å². The number of rotatable bonds is 4. The molecule has 0 saturated heterocycles. The van der Waals surface area contributed by atoms with Crippen LogP contribution >= 0.6 is 0 Å². The van der Waals surface area contributed by atoms with Gasteiger partial charge in [-0.25, -0.2) is 0 Å². The lowest BCUT2D eigenvalue weighted by Gasteiger charge is -2.20. The van der Waals surface area contributed by atoms with Crippen LogP contribution in [0.1, 0.15) is 18.9 Å². The van der Waals surface area contributed by atoms with Crippen LogP contribution in [-0.2, 0) is 15.2 Å². The van der Waals surface area contributed by atoms with Crippen molar-refractivity contribution in [2.45, 2.75) is 18.9 Å². The monoisotopic (exact) mass is 264 g/mol. The first-order valence-electron chi connectivity index (χ1n) is 5.94. The van der Waals surface area contributed by atoms with Gasteiger partial charge in [-0.3, -0.25) is 9.59 Å². The maximum Gasteiger partial charge on any atom is 0.261 e. The first-order valence-corrected chi connectivity index (χ1v) is 5.94. The molecule has 0 radical (unpaired) electrons. The van der Waals surface area contributed by atoms with E-state index in [0.717, 1.165) is 0 Å². The normalized spacial score (nSPS) is 20.7. The summed E-state index contributed by atoms with van der Waals surface area (Å²) in [5, 5.41) is 15.7. The lowest BCUT2D eigenvalue weighted by atomic mass is 9.92. The SMILES string of the molecule is COc1ccc2c(c1)NC(=O)C2(O)CCNC(C)=O. The van der Waals surface area contributed by atoms with Crippen molar-refractivity contribution in [3.8, 4) is 5.75 Å². The third kappa shape index (κ3) is 2.39. The topological polar surface area (TPSA) is 87.7 Å². The average Bonchev–Trinajstić information content (AvgIpc) is 2.61. The van der Waals surface area contributed by atoms with Crippen LogP contribution in [0.4, 0.5) is 5.69 Å². The minimum Gasteiger partial charge on any atom is -0.497 e. The quantitative estimate of drug-likeness (QED) is 0.732. The van der Waals surface area contributed by atoms with Gasteiger partial charge < -0.3 is 20.5 Å². The molecule has 1 aliphatic heterocycles. The average molecular weight is 264 g/mol. The van der Waals surface area contributed by atoms with E-state index in [1.807, 2.05) is 0 Å². The minimum absolute atomic E-state index is 0.123. The summed E-state index contributed by atoms with van der Waals surface area (Å²) in [6.07, 6.45) is 0.123. The van der Waals surface area contributed by atoms with E-state index in [1.165, 1.54) is 14.0 Å². The summed E-state index contributed by atoms with van der Waals surface area (Å²) in [4.78, 5) is 22.7. The highest BCUT2D eigenvalue weighted by molar-refractivity contribution is 6.05. The van der Waals surface area contributed by atoms with E-state index in [4.69, 9.17) is 4.74 Å². The second-order valence-corrected chi connectivity index (χ2v) is 4.46. The van der Waals surface area contributed by atoms with E-state index in [9.17, 15) is 14.7 Å². The molecule has 19 heavy (non-hydrogen) atoms. The Morgan fingerprint density at radius 2 is 2.26 bits per heavy atom. The van der Waals surface area contributed by atoms with Gasteiger partial charge in [-0.2, -0.15) is 0 Å². The number of fused-ring (bicyclic) bond motifs is 1. The summed E-state index contributed by atoms with van der Waals surface area (Å²) in [6.45, 7) is 1.61. The van der Waals surface area contributed by atoms with Crippen molar-refractivity contribution in [1.82, 2.24) is 5.32 Å². The van der Waals surface area contributed by atoms with Gasteiger partial charge in [0, 0.05) is 31.5 Å². The molecule has 0 aliphatic carbocycles. The predicted molar refractivity (Wildman–Crippen MR) is 68.8 cm³/mol. The fourth-order valence-electron chi connectivity index (χ4n) is 2.13. The molecule has 0 aromatic heterocycles. The Morgan fingerprint density at radius 3 is 2.89 bits per heavy atom. The van der Waals surface area contributed by atoms with E-state index in [-0.39, 0.29) is 18.9 Å². The molecule has 1 atom stereocenters. The third-order valence-electron chi connectivity index (χ3n) is 3.16. The fourth-order valence-corrected chi connectivity index (χ4v) is 2.13. The summed E-state index contributed by atoms with van der Waals surface area (Å²) >= 11 is 0. The molecule has 1 aromatic carbocycles. The summed E-state index contributed by atoms with van der Waals surface area (Å²) < 4.78 is 5.07. The van der Waals surface area contributed by atoms with Gasteiger partial charge in [0.05, 0.1) is 12.8 Å². The third-order valence-corrected chi connectivity index (χ3v) is 3.16. The molecule has 3 N–H and O–H groups in total. The first-order chi connectivity index (χ1) is 8.97. The second-order valence-electron chi connectivity index (χ2n) is 4.46. The van der Waals surface area contributed by atoms with Gasteiger partial charge in [-0.15, -0.1) is 0 Å².